The van der Waals surface area contributed by atoms with E-state index in [4.69, 9.17) is 15.3 Å². The van der Waals surface area contributed by atoms with Crippen molar-refractivity contribution >= 4 is 23.1 Å². The molecule has 3 aromatic heterocycles. The number of anilines is 2. The van der Waals surface area contributed by atoms with Crippen molar-refractivity contribution in [3.63, 3.8) is 0 Å². The molecule has 0 aliphatic heterocycles. The zero-order valence-electron chi connectivity index (χ0n) is 12.7. The Morgan fingerprint density at radius 2 is 2.08 bits per heavy atom. The summed E-state index contributed by atoms with van der Waals surface area (Å²) in [4.78, 5) is 18.8. The molecule has 3 heterocycles. The van der Waals surface area contributed by atoms with Crippen LogP contribution in [0.5, 0.6) is 0 Å². The van der Waals surface area contributed by atoms with Crippen molar-refractivity contribution in [3.05, 3.63) is 49.4 Å². The van der Waals surface area contributed by atoms with Gasteiger partial charge in [0.2, 0.25) is 0 Å². The SMILES string of the molecule is Nc1ncnn2cc(-c3cnco3)c(-c3ccc(NC(=O)O)cc3)c12. The fourth-order valence-electron chi connectivity index (χ4n) is 2.71. The van der Waals surface area contributed by atoms with Crippen LogP contribution in [0, 0.1) is 0 Å². The van der Waals surface area contributed by atoms with E-state index in [0.717, 1.165) is 16.7 Å². The number of hydrogen-bond acceptors (Lipinski definition) is 6. The summed E-state index contributed by atoms with van der Waals surface area (Å²) in [6.07, 6.45) is 4.98. The molecular weight excluding hydrogens is 324 g/mol. The summed E-state index contributed by atoms with van der Waals surface area (Å²) in [5.74, 6) is 0.885. The first-order valence-electron chi connectivity index (χ1n) is 7.24. The van der Waals surface area contributed by atoms with E-state index in [9.17, 15) is 4.79 Å². The lowest BCUT2D eigenvalue weighted by Gasteiger charge is -2.06. The molecule has 0 aliphatic carbocycles. The van der Waals surface area contributed by atoms with Gasteiger partial charge in [0.1, 0.15) is 11.8 Å². The van der Waals surface area contributed by atoms with Crippen molar-refractivity contribution in [2.24, 2.45) is 0 Å². The standard InChI is InChI=1S/C16H12N6O3/c17-15-14-13(9-1-3-10(4-2-9)21-16(23)24)11(12-5-18-8-25-12)6-22(14)20-7-19-15/h1-8,21H,(H,23,24)(H2,17,19,20). The number of oxazole rings is 1. The normalized spacial score (nSPS) is 10.9. The highest BCUT2D eigenvalue weighted by Gasteiger charge is 2.19. The first kappa shape index (κ1) is 14.7. The number of nitrogens with two attached hydrogens (primary N) is 1. The van der Waals surface area contributed by atoms with Gasteiger partial charge >= 0.3 is 6.09 Å². The van der Waals surface area contributed by atoms with Crippen LogP contribution in [0.15, 0.2) is 53.8 Å². The Kier molecular flexibility index (Phi) is 3.31. The molecule has 0 atom stereocenters. The molecule has 0 saturated carbocycles. The third kappa shape index (κ3) is 2.53. The predicted molar refractivity (Wildman–Crippen MR) is 90.0 cm³/mol. The van der Waals surface area contributed by atoms with Gasteiger partial charge in [0.25, 0.3) is 0 Å². The van der Waals surface area contributed by atoms with Crippen LogP contribution in [0.4, 0.5) is 16.3 Å². The molecule has 0 fully saturated rings. The minimum atomic E-state index is -1.12. The number of carbonyl (C=O) groups is 1. The smallest absolute Gasteiger partial charge is 0.409 e. The Morgan fingerprint density at radius 1 is 1.28 bits per heavy atom. The lowest BCUT2D eigenvalue weighted by Crippen LogP contribution is -2.06. The highest BCUT2D eigenvalue weighted by atomic mass is 16.4. The number of nitrogens with zero attached hydrogens (tertiary/aromatic N) is 4. The van der Waals surface area contributed by atoms with Gasteiger partial charge in [-0.15, -0.1) is 0 Å². The van der Waals surface area contributed by atoms with E-state index in [1.165, 1.54) is 12.7 Å². The number of nitrogen functional groups attached to an aromatic ring is 1. The van der Waals surface area contributed by atoms with Gasteiger partial charge in [0, 0.05) is 23.0 Å². The van der Waals surface area contributed by atoms with E-state index in [1.54, 1.807) is 41.2 Å². The van der Waals surface area contributed by atoms with Gasteiger partial charge in [0.15, 0.2) is 18.0 Å². The zero-order valence-corrected chi connectivity index (χ0v) is 12.7. The summed E-state index contributed by atoms with van der Waals surface area (Å²) in [6, 6.07) is 6.90. The number of rotatable bonds is 3. The van der Waals surface area contributed by atoms with Gasteiger partial charge in [-0.05, 0) is 17.7 Å². The molecule has 0 radical (unpaired) electrons. The molecule has 4 rings (SSSR count). The summed E-state index contributed by atoms with van der Waals surface area (Å²) in [7, 11) is 0. The van der Waals surface area contributed by atoms with Gasteiger partial charge in [-0.1, -0.05) is 12.1 Å². The van der Waals surface area contributed by atoms with E-state index in [-0.39, 0.29) is 0 Å². The van der Waals surface area contributed by atoms with Crippen molar-refractivity contribution in [3.8, 4) is 22.5 Å². The van der Waals surface area contributed by atoms with Crippen LogP contribution in [-0.4, -0.2) is 30.8 Å². The minimum Gasteiger partial charge on any atom is -0.465 e. The maximum absolute atomic E-state index is 10.7. The number of amides is 1. The van der Waals surface area contributed by atoms with Crippen molar-refractivity contribution < 1.29 is 14.3 Å². The molecule has 1 aromatic carbocycles. The van der Waals surface area contributed by atoms with Crippen molar-refractivity contribution in [2.45, 2.75) is 0 Å². The van der Waals surface area contributed by atoms with Crippen LogP contribution < -0.4 is 11.1 Å². The molecule has 9 nitrogen and oxygen atoms in total. The summed E-state index contributed by atoms with van der Waals surface area (Å²) in [5, 5.41) is 15.3. The van der Waals surface area contributed by atoms with Crippen LogP contribution in [0.2, 0.25) is 0 Å². The number of benzene rings is 1. The predicted octanol–water partition coefficient (Wildman–Crippen LogP) is 2.72. The van der Waals surface area contributed by atoms with Crippen LogP contribution in [0.25, 0.3) is 28.0 Å². The Balaban J connectivity index is 1.93. The van der Waals surface area contributed by atoms with E-state index < -0.39 is 6.09 Å². The fraction of sp³-hybridized carbons (Fsp3) is 0. The van der Waals surface area contributed by atoms with Crippen molar-refractivity contribution in [1.29, 1.82) is 0 Å². The fourth-order valence-corrected chi connectivity index (χ4v) is 2.71. The summed E-state index contributed by atoms with van der Waals surface area (Å²) < 4.78 is 7.05. The average Bonchev–Trinajstić information content (AvgIpc) is 3.22. The summed E-state index contributed by atoms with van der Waals surface area (Å²) in [5.41, 5.74) is 9.48. The Labute approximate surface area is 140 Å². The maximum atomic E-state index is 10.7. The summed E-state index contributed by atoms with van der Waals surface area (Å²) in [6.45, 7) is 0. The maximum Gasteiger partial charge on any atom is 0.409 e. The number of aromatic nitrogens is 4. The van der Waals surface area contributed by atoms with Gasteiger partial charge in [0.05, 0.1) is 6.20 Å². The molecule has 124 valence electrons. The second-order valence-electron chi connectivity index (χ2n) is 5.23. The highest BCUT2D eigenvalue weighted by Crippen LogP contribution is 2.38. The van der Waals surface area contributed by atoms with E-state index in [2.05, 4.69) is 20.4 Å². The van der Waals surface area contributed by atoms with E-state index >= 15 is 0 Å². The monoisotopic (exact) mass is 336 g/mol. The first-order valence-corrected chi connectivity index (χ1v) is 7.24. The third-order valence-electron chi connectivity index (χ3n) is 3.72. The lowest BCUT2D eigenvalue weighted by atomic mass is 10.0. The van der Waals surface area contributed by atoms with Gasteiger partial charge in [-0.3, -0.25) is 5.32 Å². The highest BCUT2D eigenvalue weighted by molar-refractivity contribution is 5.97. The van der Waals surface area contributed by atoms with Gasteiger partial charge in [-0.2, -0.15) is 5.10 Å². The second kappa shape index (κ2) is 5.64. The Hall–Kier alpha value is -3.88. The van der Waals surface area contributed by atoms with E-state index in [1.807, 2.05) is 0 Å². The minimum absolute atomic E-state index is 0.323. The molecule has 0 saturated heterocycles. The molecular formula is C16H12N6O3. The average molecular weight is 336 g/mol. The largest absolute Gasteiger partial charge is 0.465 e. The number of carboxylic acid groups (broad SMARTS) is 1. The van der Waals surface area contributed by atoms with Crippen molar-refractivity contribution in [2.75, 3.05) is 11.1 Å². The third-order valence-corrected chi connectivity index (χ3v) is 3.72. The van der Waals surface area contributed by atoms with Crippen molar-refractivity contribution in [1.82, 2.24) is 19.6 Å². The van der Waals surface area contributed by atoms with Crippen LogP contribution in [0.1, 0.15) is 0 Å². The Bertz CT molecular complexity index is 1050. The lowest BCUT2D eigenvalue weighted by molar-refractivity contribution is 0.210. The molecule has 1 amide bonds. The number of hydrogen-bond donors (Lipinski definition) is 3. The van der Waals surface area contributed by atoms with Crippen LogP contribution in [0.3, 0.4) is 0 Å². The number of nitrogens with one attached hydrogen (secondary N) is 1. The van der Waals surface area contributed by atoms with Gasteiger partial charge in [-0.25, -0.2) is 19.3 Å². The topological polar surface area (TPSA) is 132 Å². The quantitative estimate of drug-likeness (QED) is 0.524. The molecule has 9 heteroatoms. The molecule has 0 aliphatic rings. The summed E-state index contributed by atoms with van der Waals surface area (Å²) >= 11 is 0. The van der Waals surface area contributed by atoms with Gasteiger partial charge < -0.3 is 15.3 Å². The molecule has 4 N–H and O–H groups in total. The molecule has 0 bridgehead atoms. The molecule has 0 spiro atoms. The zero-order chi connectivity index (χ0) is 17.4. The van der Waals surface area contributed by atoms with Crippen LogP contribution >= 0.6 is 0 Å². The first-order chi connectivity index (χ1) is 12.1. The Morgan fingerprint density at radius 3 is 2.76 bits per heavy atom. The number of fused-ring (bicyclic) bond motifs is 1. The molecule has 4 aromatic rings. The van der Waals surface area contributed by atoms with E-state index in [0.29, 0.717) is 22.8 Å². The van der Waals surface area contributed by atoms with Crippen LogP contribution in [-0.2, 0) is 0 Å². The molecule has 25 heavy (non-hydrogen) atoms. The second-order valence-corrected chi connectivity index (χ2v) is 5.23. The molecule has 0 unspecified atom stereocenters.